The molecule has 1 aromatic carbocycles. The fourth-order valence-corrected chi connectivity index (χ4v) is 4.19. The minimum atomic E-state index is -0.386. The number of halogens is 1. The summed E-state index contributed by atoms with van der Waals surface area (Å²) in [6.07, 6.45) is 2.45. The number of aromatic nitrogens is 2. The standard InChI is InChI=1S/C19H19FN4OS/c1-13-10-16-17(21-12-22-18(16)26-13)23-6-3-7-24(9-8-23)19(25)14-4-2-5-15(20)11-14/h2,4-5,10-12H,3,6-9H2,1H3. The van der Waals surface area contributed by atoms with Crippen LogP contribution in [0.4, 0.5) is 10.2 Å². The molecule has 0 spiro atoms. The van der Waals surface area contributed by atoms with Gasteiger partial charge in [-0.05, 0) is 37.6 Å². The molecule has 0 N–H and O–H groups in total. The molecule has 1 amide bonds. The van der Waals surface area contributed by atoms with E-state index in [0.717, 1.165) is 29.0 Å². The Hall–Kier alpha value is -2.54. The van der Waals surface area contributed by atoms with E-state index in [1.165, 1.54) is 17.0 Å². The smallest absolute Gasteiger partial charge is 0.254 e. The Kier molecular flexibility index (Phi) is 4.55. The van der Waals surface area contributed by atoms with E-state index in [4.69, 9.17) is 0 Å². The highest BCUT2D eigenvalue weighted by Crippen LogP contribution is 2.30. The van der Waals surface area contributed by atoms with Crippen molar-refractivity contribution in [1.82, 2.24) is 14.9 Å². The zero-order valence-corrected chi connectivity index (χ0v) is 15.3. The average Bonchev–Trinajstić information content (AvgIpc) is 2.86. The average molecular weight is 370 g/mol. The van der Waals surface area contributed by atoms with Gasteiger partial charge in [-0.15, -0.1) is 11.3 Å². The van der Waals surface area contributed by atoms with E-state index in [-0.39, 0.29) is 11.7 Å². The second kappa shape index (κ2) is 6.99. The Morgan fingerprint density at radius 3 is 2.88 bits per heavy atom. The molecule has 0 atom stereocenters. The molecule has 7 heteroatoms. The molecule has 4 rings (SSSR count). The van der Waals surface area contributed by atoms with Gasteiger partial charge in [-0.25, -0.2) is 14.4 Å². The summed E-state index contributed by atoms with van der Waals surface area (Å²) in [6.45, 7) is 4.83. The number of thiophene rings is 1. The molecule has 0 saturated carbocycles. The number of hydrogen-bond donors (Lipinski definition) is 0. The number of benzene rings is 1. The first-order chi connectivity index (χ1) is 12.6. The Balaban J connectivity index is 1.54. The van der Waals surface area contributed by atoms with Crippen molar-refractivity contribution in [3.63, 3.8) is 0 Å². The Morgan fingerprint density at radius 2 is 2.04 bits per heavy atom. The van der Waals surface area contributed by atoms with Crippen LogP contribution in [0, 0.1) is 12.7 Å². The summed E-state index contributed by atoms with van der Waals surface area (Å²) in [4.78, 5) is 27.7. The van der Waals surface area contributed by atoms with Crippen LogP contribution >= 0.6 is 11.3 Å². The molecule has 5 nitrogen and oxygen atoms in total. The Bertz CT molecular complexity index is 958. The number of carbonyl (C=O) groups excluding carboxylic acids is 1. The molecular formula is C19H19FN4OS. The van der Waals surface area contributed by atoms with Gasteiger partial charge in [-0.1, -0.05) is 6.07 Å². The number of amides is 1. The summed E-state index contributed by atoms with van der Waals surface area (Å²) in [5.41, 5.74) is 0.399. The Labute approximate surface area is 155 Å². The molecular weight excluding hydrogens is 351 g/mol. The Morgan fingerprint density at radius 1 is 1.15 bits per heavy atom. The lowest BCUT2D eigenvalue weighted by Crippen LogP contribution is -2.35. The van der Waals surface area contributed by atoms with Gasteiger partial charge in [0.2, 0.25) is 0 Å². The molecule has 0 aliphatic carbocycles. The van der Waals surface area contributed by atoms with Gasteiger partial charge in [0.15, 0.2) is 0 Å². The maximum Gasteiger partial charge on any atom is 0.254 e. The quantitative estimate of drug-likeness (QED) is 0.693. The minimum absolute atomic E-state index is 0.120. The number of nitrogens with zero attached hydrogens (tertiary/aromatic N) is 4. The molecule has 0 unspecified atom stereocenters. The van der Waals surface area contributed by atoms with Gasteiger partial charge in [-0.3, -0.25) is 4.79 Å². The molecule has 134 valence electrons. The number of aryl methyl sites for hydroxylation is 1. The molecule has 1 aliphatic rings. The van der Waals surface area contributed by atoms with Gasteiger partial charge in [-0.2, -0.15) is 0 Å². The number of rotatable bonds is 2. The molecule has 1 aliphatic heterocycles. The van der Waals surface area contributed by atoms with Crippen molar-refractivity contribution in [3.8, 4) is 0 Å². The first kappa shape index (κ1) is 16.9. The van der Waals surface area contributed by atoms with Crippen LogP contribution in [0.1, 0.15) is 21.7 Å². The third kappa shape index (κ3) is 3.26. The first-order valence-corrected chi connectivity index (χ1v) is 9.44. The van der Waals surface area contributed by atoms with Gasteiger partial charge in [0.1, 0.15) is 22.8 Å². The van der Waals surface area contributed by atoms with Crippen LogP contribution in [0.3, 0.4) is 0 Å². The predicted molar refractivity (Wildman–Crippen MR) is 101 cm³/mol. The zero-order valence-electron chi connectivity index (χ0n) is 14.5. The third-order valence-electron chi connectivity index (χ3n) is 4.59. The summed E-state index contributed by atoms with van der Waals surface area (Å²) < 4.78 is 13.4. The molecule has 3 aromatic rings. The number of fused-ring (bicyclic) bond motifs is 1. The van der Waals surface area contributed by atoms with Crippen molar-refractivity contribution in [2.75, 3.05) is 31.1 Å². The number of hydrogen-bond acceptors (Lipinski definition) is 5. The second-order valence-electron chi connectivity index (χ2n) is 6.42. The lowest BCUT2D eigenvalue weighted by molar-refractivity contribution is 0.0766. The van der Waals surface area contributed by atoms with Gasteiger partial charge in [0.25, 0.3) is 5.91 Å². The van der Waals surface area contributed by atoms with Gasteiger partial charge in [0.05, 0.1) is 5.39 Å². The molecule has 2 aromatic heterocycles. The van der Waals surface area contributed by atoms with Crippen molar-refractivity contribution in [1.29, 1.82) is 0 Å². The highest BCUT2D eigenvalue weighted by atomic mass is 32.1. The van der Waals surface area contributed by atoms with Gasteiger partial charge < -0.3 is 9.80 Å². The third-order valence-corrected chi connectivity index (χ3v) is 5.54. The summed E-state index contributed by atoms with van der Waals surface area (Å²) >= 11 is 1.66. The van der Waals surface area contributed by atoms with E-state index in [0.29, 0.717) is 25.2 Å². The predicted octanol–water partition coefficient (Wildman–Crippen LogP) is 3.49. The van der Waals surface area contributed by atoms with Crippen LogP contribution < -0.4 is 4.90 Å². The van der Waals surface area contributed by atoms with E-state index in [1.807, 2.05) is 0 Å². The second-order valence-corrected chi connectivity index (χ2v) is 7.65. The molecule has 1 saturated heterocycles. The number of carbonyl (C=O) groups is 1. The topological polar surface area (TPSA) is 49.3 Å². The van der Waals surface area contributed by atoms with Crippen molar-refractivity contribution in [3.05, 3.63) is 52.9 Å². The fraction of sp³-hybridized carbons (Fsp3) is 0.316. The maximum atomic E-state index is 13.4. The van der Waals surface area contributed by atoms with Crippen molar-refractivity contribution in [2.45, 2.75) is 13.3 Å². The van der Waals surface area contributed by atoms with Crippen LogP contribution in [0.25, 0.3) is 10.2 Å². The maximum absolute atomic E-state index is 13.4. The summed E-state index contributed by atoms with van der Waals surface area (Å²) in [7, 11) is 0. The fourth-order valence-electron chi connectivity index (χ4n) is 3.35. The SMILES string of the molecule is Cc1cc2c(N3CCCN(C(=O)c4cccc(F)c4)CC3)ncnc2s1. The van der Waals surface area contributed by atoms with E-state index in [2.05, 4.69) is 27.9 Å². The molecule has 1 fully saturated rings. The van der Waals surface area contributed by atoms with Crippen LogP contribution in [0.5, 0.6) is 0 Å². The lowest BCUT2D eigenvalue weighted by atomic mass is 10.2. The van der Waals surface area contributed by atoms with Crippen LogP contribution in [-0.4, -0.2) is 47.0 Å². The monoisotopic (exact) mass is 370 g/mol. The molecule has 26 heavy (non-hydrogen) atoms. The summed E-state index contributed by atoms with van der Waals surface area (Å²) in [5, 5.41) is 1.07. The minimum Gasteiger partial charge on any atom is -0.354 e. The van der Waals surface area contributed by atoms with E-state index >= 15 is 0 Å². The summed E-state index contributed by atoms with van der Waals surface area (Å²) in [6, 6.07) is 8.01. The van der Waals surface area contributed by atoms with Gasteiger partial charge in [0, 0.05) is 36.6 Å². The highest BCUT2D eigenvalue weighted by Gasteiger charge is 2.22. The summed E-state index contributed by atoms with van der Waals surface area (Å²) in [5.74, 6) is 0.425. The van der Waals surface area contributed by atoms with Crippen molar-refractivity contribution in [2.24, 2.45) is 0 Å². The zero-order chi connectivity index (χ0) is 18.1. The molecule has 3 heterocycles. The number of anilines is 1. The molecule has 0 radical (unpaired) electrons. The normalized spacial score (nSPS) is 15.3. The first-order valence-electron chi connectivity index (χ1n) is 8.63. The lowest BCUT2D eigenvalue weighted by Gasteiger charge is -2.23. The van der Waals surface area contributed by atoms with Crippen molar-refractivity contribution < 1.29 is 9.18 Å². The van der Waals surface area contributed by atoms with E-state index in [9.17, 15) is 9.18 Å². The van der Waals surface area contributed by atoms with Crippen LogP contribution in [0.2, 0.25) is 0 Å². The largest absolute Gasteiger partial charge is 0.354 e. The van der Waals surface area contributed by atoms with E-state index in [1.54, 1.807) is 34.7 Å². The van der Waals surface area contributed by atoms with Crippen LogP contribution in [-0.2, 0) is 0 Å². The van der Waals surface area contributed by atoms with E-state index < -0.39 is 0 Å². The molecule has 0 bridgehead atoms. The highest BCUT2D eigenvalue weighted by molar-refractivity contribution is 7.18. The van der Waals surface area contributed by atoms with Crippen molar-refractivity contribution >= 4 is 33.3 Å². The van der Waals surface area contributed by atoms with Gasteiger partial charge >= 0.3 is 0 Å². The van der Waals surface area contributed by atoms with Crippen LogP contribution in [0.15, 0.2) is 36.7 Å².